The summed E-state index contributed by atoms with van der Waals surface area (Å²) in [6.45, 7) is 5.89. The second-order valence-electron chi connectivity index (χ2n) is 8.72. The molecule has 2 aliphatic rings. The van der Waals surface area contributed by atoms with E-state index in [0.717, 1.165) is 0 Å². The molecule has 0 saturated carbocycles. The first-order valence-corrected chi connectivity index (χ1v) is 11.2. The summed E-state index contributed by atoms with van der Waals surface area (Å²) in [7, 11) is 4.41. The minimum absolute atomic E-state index is 0.0566. The largest absolute Gasteiger partial charge is 0.490 e. The first-order chi connectivity index (χ1) is 15.8. The maximum atomic E-state index is 10.9. The Hall–Kier alpha value is -0.860. The van der Waals surface area contributed by atoms with Gasteiger partial charge in [-0.05, 0) is 19.3 Å². The number of methoxy groups -OCH3 is 3. The molecule has 0 amide bonds. The van der Waals surface area contributed by atoms with Crippen LogP contribution in [-0.2, 0) is 38.2 Å². The molecule has 0 aliphatic carbocycles. The number of aliphatic hydroxyl groups excluding tert-OH is 3. The van der Waals surface area contributed by atoms with Crippen molar-refractivity contribution in [1.29, 1.82) is 0 Å². The standard InChI is InChI=1S/C22H40O11/c1-7-8-29-20-19(18(25)15(11-27-5)31-22(20)28-6)32-33-21-13(9-12(2)3)16(23)17(24)14(30-21)10-26-4/h7-8,12-25H,9-11H2,1-6H3/b8-7+. The topological polar surface area (TPSA) is 135 Å². The normalized spacial score (nSPS) is 39.9. The summed E-state index contributed by atoms with van der Waals surface area (Å²) < 4.78 is 33.0. The zero-order valence-corrected chi connectivity index (χ0v) is 20.2. The van der Waals surface area contributed by atoms with Crippen molar-refractivity contribution in [2.24, 2.45) is 11.8 Å². The molecule has 0 aromatic heterocycles. The molecule has 2 rings (SSSR count). The van der Waals surface area contributed by atoms with E-state index in [1.54, 1.807) is 13.0 Å². The molecule has 2 saturated heterocycles. The molecule has 33 heavy (non-hydrogen) atoms. The van der Waals surface area contributed by atoms with Crippen molar-refractivity contribution in [1.82, 2.24) is 0 Å². The number of allylic oxidation sites excluding steroid dienone is 1. The molecule has 0 aromatic carbocycles. The van der Waals surface area contributed by atoms with Crippen LogP contribution in [0.3, 0.4) is 0 Å². The van der Waals surface area contributed by atoms with Crippen LogP contribution >= 0.6 is 0 Å². The quantitative estimate of drug-likeness (QED) is 0.203. The van der Waals surface area contributed by atoms with Crippen molar-refractivity contribution in [3.8, 4) is 0 Å². The number of hydrogen-bond acceptors (Lipinski definition) is 11. The lowest BCUT2D eigenvalue weighted by molar-refractivity contribution is -0.462. The first-order valence-electron chi connectivity index (χ1n) is 11.2. The van der Waals surface area contributed by atoms with E-state index in [0.29, 0.717) is 6.42 Å². The van der Waals surface area contributed by atoms with E-state index in [2.05, 4.69) is 0 Å². The fraction of sp³-hybridized carbons (Fsp3) is 0.909. The average Bonchev–Trinajstić information content (AvgIpc) is 2.78. The molecule has 10 unspecified atom stereocenters. The van der Waals surface area contributed by atoms with E-state index in [9.17, 15) is 15.3 Å². The van der Waals surface area contributed by atoms with Gasteiger partial charge >= 0.3 is 0 Å². The molecule has 2 fully saturated rings. The summed E-state index contributed by atoms with van der Waals surface area (Å²) in [5, 5.41) is 32.1. The van der Waals surface area contributed by atoms with E-state index in [1.807, 2.05) is 13.8 Å². The van der Waals surface area contributed by atoms with Gasteiger partial charge < -0.3 is 43.7 Å². The molecule has 11 nitrogen and oxygen atoms in total. The molecule has 2 aliphatic heterocycles. The highest BCUT2D eigenvalue weighted by atomic mass is 17.2. The smallest absolute Gasteiger partial charge is 0.197 e. The third kappa shape index (κ3) is 7.31. The van der Waals surface area contributed by atoms with Crippen LogP contribution in [0.2, 0.25) is 0 Å². The predicted molar refractivity (Wildman–Crippen MR) is 115 cm³/mol. The van der Waals surface area contributed by atoms with Crippen LogP contribution in [0, 0.1) is 11.8 Å². The molecule has 0 spiro atoms. The van der Waals surface area contributed by atoms with Crippen molar-refractivity contribution >= 4 is 0 Å². The summed E-state index contributed by atoms with van der Waals surface area (Å²) >= 11 is 0. The highest BCUT2D eigenvalue weighted by Gasteiger charge is 2.50. The summed E-state index contributed by atoms with van der Waals surface area (Å²) in [4.78, 5) is 11.4. The molecule has 10 atom stereocenters. The third-order valence-corrected chi connectivity index (χ3v) is 5.72. The molecule has 0 radical (unpaired) electrons. The fourth-order valence-corrected chi connectivity index (χ4v) is 4.10. The van der Waals surface area contributed by atoms with Gasteiger partial charge in [-0.25, -0.2) is 9.78 Å². The van der Waals surface area contributed by atoms with Crippen LogP contribution in [0.25, 0.3) is 0 Å². The third-order valence-electron chi connectivity index (χ3n) is 5.72. The number of rotatable bonds is 12. The van der Waals surface area contributed by atoms with Gasteiger partial charge in [0.15, 0.2) is 24.8 Å². The molecule has 0 bridgehead atoms. The Morgan fingerprint density at radius 2 is 1.42 bits per heavy atom. The second kappa shape index (κ2) is 13.9. The maximum absolute atomic E-state index is 10.9. The lowest BCUT2D eigenvalue weighted by atomic mass is 9.85. The molecule has 11 heteroatoms. The van der Waals surface area contributed by atoms with Crippen molar-refractivity contribution in [3.63, 3.8) is 0 Å². The van der Waals surface area contributed by atoms with E-state index < -0.39 is 61.2 Å². The van der Waals surface area contributed by atoms with Gasteiger partial charge in [-0.3, -0.25) is 0 Å². The maximum Gasteiger partial charge on any atom is 0.197 e. The zero-order chi connectivity index (χ0) is 24.5. The van der Waals surface area contributed by atoms with Crippen LogP contribution in [0.1, 0.15) is 27.2 Å². The Morgan fingerprint density at radius 1 is 0.818 bits per heavy atom. The first kappa shape index (κ1) is 28.4. The van der Waals surface area contributed by atoms with Crippen LogP contribution in [0.15, 0.2) is 12.3 Å². The zero-order valence-electron chi connectivity index (χ0n) is 20.2. The summed E-state index contributed by atoms with van der Waals surface area (Å²) in [6.07, 6.45) is -5.18. The second-order valence-corrected chi connectivity index (χ2v) is 8.72. The minimum Gasteiger partial charge on any atom is -0.490 e. The Labute approximate surface area is 195 Å². The van der Waals surface area contributed by atoms with Crippen molar-refractivity contribution < 1.29 is 53.5 Å². The van der Waals surface area contributed by atoms with Gasteiger partial charge in [0.25, 0.3) is 0 Å². The molecule has 3 N–H and O–H groups in total. The Balaban J connectivity index is 2.22. The number of ether oxygens (including phenoxy) is 6. The molecule has 0 aromatic rings. The minimum atomic E-state index is -1.18. The van der Waals surface area contributed by atoms with Gasteiger partial charge in [0.1, 0.15) is 24.4 Å². The lowest BCUT2D eigenvalue weighted by Gasteiger charge is -2.45. The number of aliphatic hydroxyl groups is 3. The summed E-state index contributed by atoms with van der Waals surface area (Å²) in [6, 6.07) is 0. The highest BCUT2D eigenvalue weighted by Crippen LogP contribution is 2.34. The van der Waals surface area contributed by atoms with E-state index in [4.69, 9.17) is 38.2 Å². The Kier molecular flexibility index (Phi) is 11.9. The highest BCUT2D eigenvalue weighted by molar-refractivity contribution is 4.93. The SMILES string of the molecule is C/C=C/OC1C(OC)OC(COC)C(O)C1OOC1OC(COC)C(O)C(O)C1CC(C)C. The van der Waals surface area contributed by atoms with Gasteiger partial charge in [-0.2, -0.15) is 0 Å². The predicted octanol–water partition coefficient (Wildman–Crippen LogP) is 0.356. The Bertz CT molecular complexity index is 575. The van der Waals surface area contributed by atoms with Crippen molar-refractivity contribution in [2.45, 2.75) is 82.5 Å². The van der Waals surface area contributed by atoms with Gasteiger partial charge in [0.2, 0.25) is 0 Å². The van der Waals surface area contributed by atoms with Gasteiger partial charge in [-0.15, -0.1) is 0 Å². The van der Waals surface area contributed by atoms with Gasteiger partial charge in [0.05, 0.1) is 25.6 Å². The number of hydrogen-bond donors (Lipinski definition) is 3. The van der Waals surface area contributed by atoms with Crippen LogP contribution in [0.5, 0.6) is 0 Å². The fourth-order valence-electron chi connectivity index (χ4n) is 4.10. The molecule has 2 heterocycles. The molecular formula is C22H40O11. The van der Waals surface area contributed by atoms with E-state index in [1.165, 1.54) is 27.6 Å². The summed E-state index contributed by atoms with van der Waals surface area (Å²) in [5.74, 6) is -0.387. The van der Waals surface area contributed by atoms with E-state index >= 15 is 0 Å². The molecule has 194 valence electrons. The average molecular weight is 481 g/mol. The summed E-state index contributed by atoms with van der Waals surface area (Å²) in [5.41, 5.74) is 0. The van der Waals surface area contributed by atoms with Crippen LogP contribution in [0.4, 0.5) is 0 Å². The van der Waals surface area contributed by atoms with Crippen molar-refractivity contribution in [2.75, 3.05) is 34.5 Å². The van der Waals surface area contributed by atoms with E-state index in [-0.39, 0.29) is 19.1 Å². The van der Waals surface area contributed by atoms with Crippen LogP contribution < -0.4 is 0 Å². The monoisotopic (exact) mass is 480 g/mol. The lowest BCUT2D eigenvalue weighted by Crippen LogP contribution is -2.61. The van der Waals surface area contributed by atoms with Crippen LogP contribution in [-0.4, -0.2) is 105 Å². The van der Waals surface area contributed by atoms with Gasteiger partial charge in [-0.1, -0.05) is 19.9 Å². The van der Waals surface area contributed by atoms with Crippen molar-refractivity contribution in [3.05, 3.63) is 12.3 Å². The Morgan fingerprint density at radius 3 is 1.97 bits per heavy atom. The van der Waals surface area contributed by atoms with Gasteiger partial charge in [0, 0.05) is 27.2 Å². The molecular weight excluding hydrogens is 440 g/mol.